The van der Waals surface area contributed by atoms with Crippen LogP contribution in [0.15, 0.2) is 18.2 Å². The highest BCUT2D eigenvalue weighted by Crippen LogP contribution is 2.41. The zero-order valence-corrected chi connectivity index (χ0v) is 19.7. The molecule has 176 valence electrons. The fourth-order valence-electron chi connectivity index (χ4n) is 5.65. The van der Waals surface area contributed by atoms with Crippen LogP contribution in [-0.4, -0.2) is 77.6 Å². The minimum Gasteiger partial charge on any atom is -0.440 e. The van der Waals surface area contributed by atoms with Crippen LogP contribution in [0, 0.1) is 5.82 Å². The van der Waals surface area contributed by atoms with Gasteiger partial charge in [0.1, 0.15) is 11.4 Å². The molecule has 0 aliphatic carbocycles. The summed E-state index contributed by atoms with van der Waals surface area (Å²) in [7, 11) is 1.86. The summed E-state index contributed by atoms with van der Waals surface area (Å²) in [6.45, 7) is 5.13. The third-order valence-corrected chi connectivity index (χ3v) is 7.89. The van der Waals surface area contributed by atoms with Gasteiger partial charge in [0.05, 0.1) is 16.6 Å². The Bertz CT molecular complexity index is 831. The molecule has 8 heteroatoms. The Balaban J connectivity index is 1.33. The Hall–Kier alpha value is -1.86. The molecular formula is C24H33ClFN3O3. The van der Waals surface area contributed by atoms with E-state index in [1.807, 2.05) is 7.05 Å². The molecule has 0 N–H and O–H groups in total. The van der Waals surface area contributed by atoms with Crippen molar-refractivity contribution in [2.45, 2.75) is 69.6 Å². The molecule has 0 aromatic heterocycles. The monoisotopic (exact) mass is 465 g/mol. The van der Waals surface area contributed by atoms with E-state index >= 15 is 0 Å². The van der Waals surface area contributed by atoms with E-state index in [0.717, 1.165) is 58.0 Å². The molecule has 1 spiro atoms. The summed E-state index contributed by atoms with van der Waals surface area (Å²) in [4.78, 5) is 31.1. The molecule has 3 aliphatic rings. The Morgan fingerprint density at radius 3 is 2.53 bits per heavy atom. The number of carbonyl (C=O) groups is 2. The first-order valence-electron chi connectivity index (χ1n) is 11.8. The number of carbonyl (C=O) groups excluding carboxylic acids is 2. The predicted molar refractivity (Wildman–Crippen MR) is 121 cm³/mol. The molecule has 2 amide bonds. The first-order valence-corrected chi connectivity index (χ1v) is 12.2. The Morgan fingerprint density at radius 1 is 1.22 bits per heavy atom. The standard InChI is InChI=1S/C24H33ClFN3O3/c1-3-4-8-20-24(32-23(31)27(20)2)11-15-28(16-12-24)17-9-13-29(14-10-17)22(30)21-18(25)6-5-7-19(21)26/h5-7,17,20H,3-4,8-16H2,1-2H3. The number of ether oxygens (including phenoxy) is 1. The molecule has 0 bridgehead atoms. The summed E-state index contributed by atoms with van der Waals surface area (Å²) in [5, 5.41) is 0.159. The van der Waals surface area contributed by atoms with Gasteiger partial charge in [-0.05, 0) is 31.4 Å². The van der Waals surface area contributed by atoms with Gasteiger partial charge in [-0.3, -0.25) is 9.69 Å². The summed E-state index contributed by atoms with van der Waals surface area (Å²) < 4.78 is 20.1. The van der Waals surface area contributed by atoms with Gasteiger partial charge in [-0.15, -0.1) is 0 Å². The van der Waals surface area contributed by atoms with Gasteiger partial charge in [-0.1, -0.05) is 37.4 Å². The van der Waals surface area contributed by atoms with E-state index in [1.54, 1.807) is 15.9 Å². The van der Waals surface area contributed by atoms with E-state index in [2.05, 4.69) is 11.8 Å². The van der Waals surface area contributed by atoms with Gasteiger partial charge in [-0.25, -0.2) is 9.18 Å². The molecular weight excluding hydrogens is 433 g/mol. The van der Waals surface area contributed by atoms with E-state index < -0.39 is 5.82 Å². The number of piperidine rings is 2. The maximum Gasteiger partial charge on any atom is 0.410 e. The summed E-state index contributed by atoms with van der Waals surface area (Å²) >= 11 is 6.08. The van der Waals surface area contributed by atoms with Gasteiger partial charge >= 0.3 is 6.09 Å². The summed E-state index contributed by atoms with van der Waals surface area (Å²) in [6.07, 6.45) is 6.39. The first-order chi connectivity index (χ1) is 15.4. The number of rotatable bonds is 5. The molecule has 3 heterocycles. The molecule has 1 unspecified atom stereocenters. The maximum atomic E-state index is 14.2. The lowest BCUT2D eigenvalue weighted by atomic mass is 9.81. The molecule has 0 radical (unpaired) electrons. The smallest absolute Gasteiger partial charge is 0.410 e. The second-order valence-corrected chi connectivity index (χ2v) is 9.76. The van der Waals surface area contributed by atoms with Crippen molar-refractivity contribution >= 4 is 23.6 Å². The second-order valence-electron chi connectivity index (χ2n) is 9.36. The van der Waals surface area contributed by atoms with E-state index in [1.165, 1.54) is 12.1 Å². The van der Waals surface area contributed by atoms with Crippen molar-refractivity contribution in [1.82, 2.24) is 14.7 Å². The van der Waals surface area contributed by atoms with Crippen molar-refractivity contribution in [3.8, 4) is 0 Å². The van der Waals surface area contributed by atoms with Crippen LogP contribution in [0.5, 0.6) is 0 Å². The second kappa shape index (κ2) is 9.56. The van der Waals surface area contributed by atoms with Crippen molar-refractivity contribution in [3.63, 3.8) is 0 Å². The van der Waals surface area contributed by atoms with Crippen molar-refractivity contribution < 1.29 is 18.7 Å². The third-order valence-electron chi connectivity index (χ3n) is 7.57. The van der Waals surface area contributed by atoms with Crippen LogP contribution in [0.3, 0.4) is 0 Å². The third kappa shape index (κ3) is 4.34. The van der Waals surface area contributed by atoms with Gasteiger partial charge in [0.15, 0.2) is 0 Å². The normalized spacial score (nSPS) is 24.2. The van der Waals surface area contributed by atoms with Crippen molar-refractivity contribution in [2.24, 2.45) is 0 Å². The lowest BCUT2D eigenvalue weighted by Gasteiger charge is -2.46. The van der Waals surface area contributed by atoms with E-state index in [9.17, 15) is 14.0 Å². The van der Waals surface area contributed by atoms with E-state index in [0.29, 0.717) is 19.1 Å². The number of likely N-dealkylation sites (tertiary alicyclic amines) is 2. The van der Waals surface area contributed by atoms with Crippen LogP contribution < -0.4 is 0 Å². The summed E-state index contributed by atoms with van der Waals surface area (Å²) in [5.74, 6) is -0.900. The van der Waals surface area contributed by atoms with Crippen LogP contribution in [0.4, 0.5) is 9.18 Å². The zero-order valence-electron chi connectivity index (χ0n) is 19.0. The number of hydrogen-bond acceptors (Lipinski definition) is 4. The maximum absolute atomic E-state index is 14.2. The highest BCUT2D eigenvalue weighted by atomic mass is 35.5. The first kappa shape index (κ1) is 23.3. The number of benzene rings is 1. The van der Waals surface area contributed by atoms with Crippen LogP contribution in [0.2, 0.25) is 5.02 Å². The number of hydrogen-bond donors (Lipinski definition) is 0. The van der Waals surface area contributed by atoms with Crippen LogP contribution >= 0.6 is 11.6 Å². The SMILES string of the molecule is CCCCC1N(C)C(=O)OC12CCN(C1CCN(C(=O)c3c(F)cccc3Cl)CC1)CC2. The lowest BCUT2D eigenvalue weighted by molar-refractivity contribution is -0.0375. The molecule has 3 aliphatic heterocycles. The lowest BCUT2D eigenvalue weighted by Crippen LogP contribution is -2.55. The van der Waals surface area contributed by atoms with Crippen LogP contribution in [0.1, 0.15) is 62.2 Å². The topological polar surface area (TPSA) is 53.1 Å². The number of amides is 2. The van der Waals surface area contributed by atoms with Gasteiger partial charge in [0.2, 0.25) is 0 Å². The minimum absolute atomic E-state index is 0.0298. The van der Waals surface area contributed by atoms with Crippen molar-refractivity contribution in [3.05, 3.63) is 34.6 Å². The average Bonchev–Trinajstić information content (AvgIpc) is 3.01. The molecule has 0 saturated carbocycles. The van der Waals surface area contributed by atoms with Crippen LogP contribution in [0.25, 0.3) is 0 Å². The summed E-state index contributed by atoms with van der Waals surface area (Å²) in [6, 6.07) is 4.88. The fourth-order valence-corrected chi connectivity index (χ4v) is 5.89. The molecule has 1 aromatic rings. The zero-order chi connectivity index (χ0) is 22.9. The number of nitrogens with zero attached hydrogens (tertiary/aromatic N) is 3. The fraction of sp³-hybridized carbons (Fsp3) is 0.667. The number of halogens is 2. The van der Waals surface area contributed by atoms with Crippen molar-refractivity contribution in [1.29, 1.82) is 0 Å². The van der Waals surface area contributed by atoms with Gasteiger partial charge in [0.25, 0.3) is 5.91 Å². The van der Waals surface area contributed by atoms with E-state index in [-0.39, 0.29) is 34.2 Å². The Labute approximate surface area is 194 Å². The van der Waals surface area contributed by atoms with Gasteiger partial charge < -0.3 is 14.5 Å². The minimum atomic E-state index is -0.570. The average molecular weight is 466 g/mol. The van der Waals surface area contributed by atoms with Crippen molar-refractivity contribution in [2.75, 3.05) is 33.2 Å². The molecule has 6 nitrogen and oxygen atoms in total. The molecule has 3 saturated heterocycles. The number of likely N-dealkylation sites (N-methyl/N-ethyl adjacent to an activating group) is 1. The summed E-state index contributed by atoms with van der Waals surface area (Å²) in [5.41, 5.74) is -0.395. The molecule has 4 rings (SSSR count). The van der Waals surface area contributed by atoms with Gasteiger partial charge in [-0.2, -0.15) is 0 Å². The predicted octanol–water partition coefficient (Wildman–Crippen LogP) is 4.56. The molecule has 1 atom stereocenters. The Morgan fingerprint density at radius 2 is 1.91 bits per heavy atom. The highest BCUT2D eigenvalue weighted by Gasteiger charge is 2.53. The van der Waals surface area contributed by atoms with Crippen LogP contribution in [-0.2, 0) is 4.74 Å². The highest BCUT2D eigenvalue weighted by molar-refractivity contribution is 6.33. The number of unbranched alkanes of at least 4 members (excludes halogenated alkanes) is 1. The molecule has 3 fully saturated rings. The largest absolute Gasteiger partial charge is 0.440 e. The van der Waals surface area contributed by atoms with Gasteiger partial charge in [0, 0.05) is 52.1 Å². The van der Waals surface area contributed by atoms with E-state index in [4.69, 9.17) is 16.3 Å². The Kier molecular flexibility index (Phi) is 6.96. The molecule has 1 aromatic carbocycles. The molecule has 32 heavy (non-hydrogen) atoms. The quantitative estimate of drug-likeness (QED) is 0.639.